The number of rotatable bonds is 4. The first kappa shape index (κ1) is 17.0. The Labute approximate surface area is 143 Å². The Morgan fingerprint density at radius 2 is 1.81 bits per heavy atom. The maximum absolute atomic E-state index is 11.6. The predicted octanol–water partition coefficient (Wildman–Crippen LogP) is 4.08. The number of benzene rings is 1. The minimum absolute atomic E-state index is 0.159. The van der Waals surface area contributed by atoms with E-state index in [4.69, 9.17) is 0 Å². The van der Waals surface area contributed by atoms with Crippen molar-refractivity contribution in [3.05, 3.63) is 35.9 Å². The van der Waals surface area contributed by atoms with E-state index in [0.29, 0.717) is 6.42 Å². The average Bonchev–Trinajstić information content (AvgIpc) is 2.70. The van der Waals surface area contributed by atoms with E-state index < -0.39 is 11.4 Å². The maximum atomic E-state index is 11.6. The summed E-state index contributed by atoms with van der Waals surface area (Å²) in [6, 6.07) is 10.2. The summed E-state index contributed by atoms with van der Waals surface area (Å²) in [4.78, 5) is 11.9. The van der Waals surface area contributed by atoms with Crippen LogP contribution in [0.15, 0.2) is 30.3 Å². The molecule has 1 aliphatic carbocycles. The lowest BCUT2D eigenvalue weighted by Gasteiger charge is -2.44. The zero-order valence-corrected chi connectivity index (χ0v) is 15.8. The summed E-state index contributed by atoms with van der Waals surface area (Å²) in [5, 5.41) is 11.6. The van der Waals surface area contributed by atoms with Crippen LogP contribution in [0.1, 0.15) is 44.0 Å². The van der Waals surface area contributed by atoms with Crippen LogP contribution < -0.4 is 5.11 Å². The van der Waals surface area contributed by atoms with E-state index in [1.54, 1.807) is 0 Å². The predicted molar refractivity (Wildman–Crippen MR) is 90.4 cm³/mol. The van der Waals surface area contributed by atoms with Gasteiger partial charge >= 0.3 is 0 Å². The molecule has 4 heteroatoms. The van der Waals surface area contributed by atoms with Crippen molar-refractivity contribution in [2.75, 3.05) is 0 Å². The molecule has 1 aliphatic rings. The molecule has 1 fully saturated rings. The molecule has 1 aromatic carbocycles. The van der Waals surface area contributed by atoms with E-state index in [0.717, 1.165) is 6.42 Å². The van der Waals surface area contributed by atoms with Crippen molar-refractivity contribution in [1.29, 1.82) is 0 Å². The Kier molecular flexibility index (Phi) is 4.89. The molecular formula is C17H21Br2O2-. The van der Waals surface area contributed by atoms with Crippen LogP contribution in [0.2, 0.25) is 0 Å². The Morgan fingerprint density at radius 1 is 1.24 bits per heavy atom. The smallest absolute Gasteiger partial charge is 0.0523 e. The van der Waals surface area contributed by atoms with Crippen LogP contribution in [0.3, 0.4) is 0 Å². The first-order chi connectivity index (χ1) is 9.72. The van der Waals surface area contributed by atoms with Crippen molar-refractivity contribution in [2.45, 2.75) is 43.3 Å². The third-order valence-corrected chi connectivity index (χ3v) is 8.51. The standard InChI is InChI=1S/C17H22Br2O2/c1-16(2)12(9-10-17(16,3)15(20)21)14(19)13(18)11-7-5-4-6-8-11/h4-8,12-14H,9-10H2,1-3H3,(H,20,21)/p-1/t12-,13+,14-,17-/m0/s1. The molecule has 0 unspecified atom stereocenters. The van der Waals surface area contributed by atoms with Gasteiger partial charge < -0.3 is 9.90 Å². The number of carbonyl (C=O) groups is 1. The zero-order chi connectivity index (χ0) is 15.8. The molecule has 1 aromatic rings. The maximum Gasteiger partial charge on any atom is 0.0523 e. The molecule has 0 aliphatic heterocycles. The summed E-state index contributed by atoms with van der Waals surface area (Å²) in [5.74, 6) is -0.662. The minimum Gasteiger partial charge on any atom is -0.550 e. The first-order valence-corrected chi connectivity index (χ1v) is 9.09. The van der Waals surface area contributed by atoms with Crippen molar-refractivity contribution in [1.82, 2.24) is 0 Å². The first-order valence-electron chi connectivity index (χ1n) is 7.26. The van der Waals surface area contributed by atoms with Crippen molar-refractivity contribution >= 4 is 37.8 Å². The SMILES string of the molecule is CC1(C)[C@H]([C@H](Br)[C@H](Br)c2ccccc2)CC[C@@]1(C)C(=O)[O-]. The van der Waals surface area contributed by atoms with Gasteiger partial charge in [-0.3, -0.25) is 0 Å². The van der Waals surface area contributed by atoms with Crippen LogP contribution in [-0.2, 0) is 4.79 Å². The van der Waals surface area contributed by atoms with Gasteiger partial charge in [0.15, 0.2) is 0 Å². The molecule has 0 saturated heterocycles. The quantitative estimate of drug-likeness (QED) is 0.693. The van der Waals surface area contributed by atoms with Crippen LogP contribution in [0.5, 0.6) is 0 Å². The van der Waals surface area contributed by atoms with Crippen LogP contribution in [0, 0.1) is 16.7 Å². The second kappa shape index (κ2) is 6.04. The van der Waals surface area contributed by atoms with E-state index in [1.807, 2.05) is 25.1 Å². The van der Waals surface area contributed by atoms with Crippen LogP contribution in [-0.4, -0.2) is 10.8 Å². The monoisotopic (exact) mass is 415 g/mol. The number of hydrogen-bond donors (Lipinski definition) is 0. The number of carboxylic acid groups (broad SMARTS) is 1. The van der Waals surface area contributed by atoms with Gasteiger partial charge in [0.05, 0.1) is 4.83 Å². The topological polar surface area (TPSA) is 40.1 Å². The van der Waals surface area contributed by atoms with Crippen molar-refractivity contribution < 1.29 is 9.90 Å². The van der Waals surface area contributed by atoms with Gasteiger partial charge in [-0.1, -0.05) is 83.0 Å². The second-order valence-electron chi connectivity index (χ2n) is 6.74. The highest BCUT2D eigenvalue weighted by Crippen LogP contribution is 2.59. The summed E-state index contributed by atoms with van der Waals surface area (Å²) in [5.41, 5.74) is 0.116. The second-order valence-corrected chi connectivity index (χ2v) is 8.79. The van der Waals surface area contributed by atoms with Crippen molar-refractivity contribution in [3.8, 4) is 0 Å². The summed E-state index contributed by atoms with van der Waals surface area (Å²) in [6.45, 7) is 5.94. The highest BCUT2D eigenvalue weighted by Gasteiger charge is 2.54. The van der Waals surface area contributed by atoms with Gasteiger partial charge in [-0.15, -0.1) is 0 Å². The number of hydrogen-bond acceptors (Lipinski definition) is 2. The largest absolute Gasteiger partial charge is 0.550 e. The van der Waals surface area contributed by atoms with E-state index in [1.165, 1.54) is 5.56 Å². The third kappa shape index (κ3) is 2.81. The van der Waals surface area contributed by atoms with Crippen molar-refractivity contribution in [3.63, 3.8) is 0 Å². The van der Waals surface area contributed by atoms with Crippen LogP contribution in [0.4, 0.5) is 0 Å². The molecule has 116 valence electrons. The Hall–Kier alpha value is -0.350. The number of carbonyl (C=O) groups excluding carboxylic acids is 1. The Bertz CT molecular complexity index is 515. The molecule has 0 bridgehead atoms. The molecule has 0 N–H and O–H groups in total. The highest BCUT2D eigenvalue weighted by molar-refractivity contribution is 9.12. The molecule has 2 nitrogen and oxygen atoms in total. The zero-order valence-electron chi connectivity index (χ0n) is 12.6. The summed E-state index contributed by atoms with van der Waals surface area (Å²) >= 11 is 7.60. The Morgan fingerprint density at radius 3 is 2.29 bits per heavy atom. The molecule has 0 radical (unpaired) electrons. The number of carboxylic acids is 1. The number of aliphatic carboxylic acids is 1. The molecule has 0 heterocycles. The fourth-order valence-electron chi connectivity index (χ4n) is 3.48. The molecule has 1 saturated carbocycles. The minimum atomic E-state index is -0.930. The average molecular weight is 417 g/mol. The summed E-state index contributed by atoms with van der Waals surface area (Å²) in [7, 11) is 0. The van der Waals surface area contributed by atoms with Gasteiger partial charge in [0.1, 0.15) is 0 Å². The van der Waals surface area contributed by atoms with Crippen molar-refractivity contribution in [2.24, 2.45) is 16.7 Å². The third-order valence-electron chi connectivity index (χ3n) is 5.54. The van der Waals surface area contributed by atoms with Crippen LogP contribution in [0.25, 0.3) is 0 Å². The van der Waals surface area contributed by atoms with E-state index >= 15 is 0 Å². The van der Waals surface area contributed by atoms with Gasteiger partial charge in [0, 0.05) is 16.2 Å². The fourth-order valence-corrected chi connectivity index (χ4v) is 5.39. The molecule has 4 atom stereocenters. The van der Waals surface area contributed by atoms with Gasteiger partial charge in [-0.25, -0.2) is 0 Å². The van der Waals surface area contributed by atoms with Gasteiger partial charge in [0.25, 0.3) is 0 Å². The molecule has 0 aromatic heterocycles. The van der Waals surface area contributed by atoms with Crippen LogP contribution >= 0.6 is 31.9 Å². The normalized spacial score (nSPS) is 30.8. The lowest BCUT2D eigenvalue weighted by Crippen LogP contribution is -2.49. The molecule has 21 heavy (non-hydrogen) atoms. The van der Waals surface area contributed by atoms with Gasteiger partial charge in [-0.05, 0) is 29.7 Å². The molecule has 2 rings (SSSR count). The van der Waals surface area contributed by atoms with Gasteiger partial charge in [-0.2, -0.15) is 0 Å². The van der Waals surface area contributed by atoms with E-state index in [2.05, 4.69) is 57.8 Å². The Balaban J connectivity index is 2.25. The fraction of sp³-hybridized carbons (Fsp3) is 0.588. The van der Waals surface area contributed by atoms with Gasteiger partial charge in [0.2, 0.25) is 0 Å². The van der Waals surface area contributed by atoms with E-state index in [9.17, 15) is 9.90 Å². The molecule has 0 spiro atoms. The summed E-state index contributed by atoms with van der Waals surface area (Å²) < 4.78 is 0. The van der Waals surface area contributed by atoms with E-state index in [-0.39, 0.29) is 21.0 Å². The highest BCUT2D eigenvalue weighted by atomic mass is 79.9. The lowest BCUT2D eigenvalue weighted by molar-refractivity contribution is -0.323. The summed E-state index contributed by atoms with van der Waals surface area (Å²) in [6.07, 6.45) is 1.56. The number of alkyl halides is 2. The number of halogens is 2. The lowest BCUT2D eigenvalue weighted by atomic mass is 9.65. The molecule has 0 amide bonds. The molecular weight excluding hydrogens is 396 g/mol.